The molecule has 1 saturated carbocycles. The first-order valence-corrected chi connectivity index (χ1v) is 14.4. The largest absolute Gasteiger partial charge is 0.392 e. The number of Topliss-reactive ketones (excluding diaryl/α,β-unsaturated/α-hetero) is 1. The number of piperidine rings is 1. The van der Waals surface area contributed by atoms with Gasteiger partial charge in [0.15, 0.2) is 5.78 Å². The van der Waals surface area contributed by atoms with E-state index in [0.717, 1.165) is 64.8 Å². The molecule has 6 rings (SSSR count). The predicted octanol–water partition coefficient (Wildman–Crippen LogP) is 7.94. The number of aryl methyl sites for hydroxylation is 1. The zero-order valence-corrected chi connectivity index (χ0v) is 23.2. The summed E-state index contributed by atoms with van der Waals surface area (Å²) in [5, 5.41) is 14.0. The van der Waals surface area contributed by atoms with E-state index >= 15 is 0 Å². The molecule has 37 heavy (non-hydrogen) atoms. The van der Waals surface area contributed by atoms with Crippen molar-refractivity contribution in [2.24, 2.45) is 5.92 Å². The van der Waals surface area contributed by atoms with Crippen LogP contribution in [0.25, 0.3) is 21.5 Å². The highest BCUT2D eigenvalue weighted by Crippen LogP contribution is 2.31. The Bertz CT molecular complexity index is 1390. The molecule has 0 bridgehead atoms. The Morgan fingerprint density at radius 2 is 1.49 bits per heavy atom. The van der Waals surface area contributed by atoms with Crippen molar-refractivity contribution in [1.82, 2.24) is 4.90 Å². The minimum Gasteiger partial charge on any atom is -0.392 e. The maximum atomic E-state index is 13.0. The number of nitrogens with zero attached hydrogens (tertiary/aromatic N) is 1. The summed E-state index contributed by atoms with van der Waals surface area (Å²) < 4.78 is 1.14. The molecule has 4 aromatic rings. The lowest BCUT2D eigenvalue weighted by molar-refractivity contribution is 0.0612. The number of hydrogen-bond acceptors (Lipinski definition) is 3. The van der Waals surface area contributed by atoms with Gasteiger partial charge in [0.25, 0.3) is 0 Å². The molecule has 1 N–H and O–H groups in total. The van der Waals surface area contributed by atoms with Crippen molar-refractivity contribution in [3.8, 4) is 0 Å². The fourth-order valence-electron chi connectivity index (χ4n) is 5.57. The number of ketones is 1. The highest BCUT2D eigenvalue weighted by molar-refractivity contribution is 9.10. The molecule has 0 radical (unpaired) electrons. The lowest BCUT2D eigenvalue weighted by Crippen LogP contribution is -2.47. The van der Waals surface area contributed by atoms with Gasteiger partial charge >= 0.3 is 0 Å². The van der Waals surface area contributed by atoms with Gasteiger partial charge in [-0.25, -0.2) is 0 Å². The van der Waals surface area contributed by atoms with Gasteiger partial charge in [-0.2, -0.15) is 0 Å². The van der Waals surface area contributed by atoms with Gasteiger partial charge in [0.05, 0.1) is 6.61 Å². The zero-order chi connectivity index (χ0) is 25.8. The maximum absolute atomic E-state index is 13.0. The average Bonchev–Trinajstić information content (AvgIpc) is 2.91. The number of fused-ring (bicyclic) bond motifs is 2. The number of carbonyl (C=O) groups excluding carboxylic acids is 1. The van der Waals surface area contributed by atoms with Crippen LogP contribution in [0.2, 0.25) is 0 Å². The lowest BCUT2D eigenvalue weighted by Gasteiger charge is -2.42. The minimum absolute atomic E-state index is 0.0513. The lowest BCUT2D eigenvalue weighted by atomic mass is 9.85. The Kier molecular flexibility index (Phi) is 8.39. The Labute approximate surface area is 228 Å². The van der Waals surface area contributed by atoms with E-state index in [4.69, 9.17) is 0 Å². The summed E-state index contributed by atoms with van der Waals surface area (Å²) >= 11 is 3.47. The van der Waals surface area contributed by atoms with Crippen molar-refractivity contribution in [3.63, 3.8) is 0 Å². The second-order valence-electron chi connectivity index (χ2n) is 10.5. The highest BCUT2D eigenvalue weighted by Gasteiger charge is 2.32. The molecule has 1 atom stereocenters. The van der Waals surface area contributed by atoms with E-state index in [1.807, 2.05) is 36.4 Å². The topological polar surface area (TPSA) is 40.5 Å². The molecule has 4 aromatic carbocycles. The van der Waals surface area contributed by atoms with Crippen LogP contribution >= 0.6 is 15.9 Å². The van der Waals surface area contributed by atoms with E-state index in [0.29, 0.717) is 5.78 Å². The predicted molar refractivity (Wildman–Crippen MR) is 157 cm³/mol. The van der Waals surface area contributed by atoms with E-state index in [1.165, 1.54) is 35.6 Å². The molecule has 2 fully saturated rings. The van der Waals surface area contributed by atoms with Crippen LogP contribution in [0.5, 0.6) is 0 Å². The first kappa shape index (κ1) is 26.1. The van der Waals surface area contributed by atoms with Gasteiger partial charge in [-0.05, 0) is 95.6 Å². The van der Waals surface area contributed by atoms with Crippen LogP contribution in [0.3, 0.4) is 0 Å². The van der Waals surface area contributed by atoms with Crippen LogP contribution in [-0.2, 0) is 13.0 Å². The summed E-state index contributed by atoms with van der Waals surface area (Å²) in [7, 11) is 0. The van der Waals surface area contributed by atoms with Gasteiger partial charge in [0.2, 0.25) is 0 Å². The van der Waals surface area contributed by atoms with Gasteiger partial charge in [-0.3, -0.25) is 9.69 Å². The molecule has 0 amide bonds. The van der Waals surface area contributed by atoms with Crippen molar-refractivity contribution in [3.05, 3.63) is 94.0 Å². The molecule has 1 unspecified atom stereocenters. The average molecular weight is 559 g/mol. The minimum atomic E-state index is 0.0513. The van der Waals surface area contributed by atoms with E-state index in [2.05, 4.69) is 64.2 Å². The Balaban J connectivity index is 0.000000182. The van der Waals surface area contributed by atoms with Gasteiger partial charge in [0, 0.05) is 28.5 Å². The molecule has 1 aliphatic heterocycles. The molecule has 0 spiro atoms. The van der Waals surface area contributed by atoms with E-state index < -0.39 is 0 Å². The van der Waals surface area contributed by atoms with Crippen LogP contribution in [0.15, 0.2) is 77.3 Å². The van der Waals surface area contributed by atoms with Crippen LogP contribution < -0.4 is 0 Å². The number of hydrogen-bond donors (Lipinski definition) is 1. The van der Waals surface area contributed by atoms with Crippen molar-refractivity contribution >= 4 is 43.3 Å². The Morgan fingerprint density at radius 3 is 2.19 bits per heavy atom. The van der Waals surface area contributed by atoms with Crippen molar-refractivity contribution in [1.29, 1.82) is 0 Å². The smallest absolute Gasteiger partial charge is 0.167 e. The molecule has 3 nitrogen and oxygen atoms in total. The monoisotopic (exact) mass is 557 g/mol. The normalized spacial score (nSPS) is 18.3. The molecule has 4 heteroatoms. The number of halogens is 1. The van der Waals surface area contributed by atoms with Crippen molar-refractivity contribution in [2.45, 2.75) is 58.1 Å². The quantitative estimate of drug-likeness (QED) is 0.253. The summed E-state index contributed by atoms with van der Waals surface area (Å²) in [4.78, 5) is 15.5. The fraction of sp³-hybridized carbons (Fsp3) is 0.364. The molecular weight excluding hydrogens is 522 g/mol. The first-order chi connectivity index (χ1) is 18.0. The summed E-state index contributed by atoms with van der Waals surface area (Å²) in [6.45, 7) is 4.33. The summed E-state index contributed by atoms with van der Waals surface area (Å²) in [5.41, 5.74) is 3.14. The third-order valence-corrected chi connectivity index (χ3v) is 8.55. The van der Waals surface area contributed by atoms with Crippen molar-refractivity contribution < 1.29 is 9.90 Å². The number of aliphatic hydroxyl groups excluding tert-OH is 1. The van der Waals surface area contributed by atoms with Gasteiger partial charge in [-0.1, -0.05) is 77.8 Å². The highest BCUT2D eigenvalue weighted by atomic mass is 79.9. The van der Waals surface area contributed by atoms with Crippen molar-refractivity contribution in [2.75, 3.05) is 13.1 Å². The number of aliphatic hydroxyl groups is 1. The first-order valence-electron chi connectivity index (χ1n) is 13.6. The van der Waals surface area contributed by atoms with E-state index in [9.17, 15) is 9.90 Å². The van der Waals surface area contributed by atoms with Crippen LogP contribution in [-0.4, -0.2) is 34.9 Å². The second-order valence-corrected chi connectivity index (χ2v) is 11.4. The standard InChI is InChI=1S/C21H25NO2.C12H11Br/c23-14-15-6-7-17-12-18(9-8-16(17)11-15)21(24)19-3-2-10-22(13-19)20-4-1-5-20;1-2-9-3-4-11-8-12(13)6-5-10(11)7-9/h6-9,11-12,19-20,23H,1-5,10,13-14H2;3-8H,2H2,1H3. The maximum Gasteiger partial charge on any atom is 0.167 e. The van der Waals surface area contributed by atoms with Crippen LogP contribution in [0.4, 0.5) is 0 Å². The molecule has 1 aliphatic carbocycles. The fourth-order valence-corrected chi connectivity index (χ4v) is 5.95. The molecule has 1 heterocycles. The van der Waals surface area contributed by atoms with E-state index in [-0.39, 0.29) is 12.5 Å². The molecule has 1 saturated heterocycles. The Morgan fingerprint density at radius 1 is 0.838 bits per heavy atom. The third kappa shape index (κ3) is 6.14. The molecule has 0 aromatic heterocycles. The number of likely N-dealkylation sites (tertiary alicyclic amines) is 1. The van der Waals surface area contributed by atoms with Crippen LogP contribution in [0, 0.1) is 5.92 Å². The number of rotatable bonds is 5. The molecular formula is C33H36BrNO2. The Hall–Kier alpha value is -2.53. The van der Waals surface area contributed by atoms with Gasteiger partial charge in [-0.15, -0.1) is 0 Å². The van der Waals surface area contributed by atoms with Crippen LogP contribution in [0.1, 0.15) is 60.5 Å². The second kappa shape index (κ2) is 11.9. The van der Waals surface area contributed by atoms with Gasteiger partial charge in [0.1, 0.15) is 0 Å². The molecule has 192 valence electrons. The summed E-state index contributed by atoms with van der Waals surface area (Å²) in [6, 6.07) is 25.6. The third-order valence-electron chi connectivity index (χ3n) is 8.06. The van der Waals surface area contributed by atoms with E-state index in [1.54, 1.807) is 0 Å². The summed E-state index contributed by atoms with van der Waals surface area (Å²) in [6.07, 6.45) is 7.23. The zero-order valence-electron chi connectivity index (χ0n) is 21.6. The molecule has 2 aliphatic rings. The summed E-state index contributed by atoms with van der Waals surface area (Å²) in [5.74, 6) is 0.445. The SMILES string of the molecule is CCc1ccc2cc(Br)ccc2c1.O=C(c1ccc2cc(CO)ccc2c1)C1CCCN(C2CCC2)C1. The number of carbonyl (C=O) groups is 1. The van der Waals surface area contributed by atoms with Gasteiger partial charge < -0.3 is 5.11 Å². The number of benzene rings is 4.